The number of nitrogens with zero attached hydrogens (tertiary/aromatic N) is 7. The number of anilines is 3. The molecule has 6 heterocycles. The molecular weight excluding hydrogens is 840 g/mol. The van der Waals surface area contributed by atoms with E-state index < -0.39 is 23.8 Å². The van der Waals surface area contributed by atoms with Crippen LogP contribution in [0, 0.1) is 5.92 Å². The number of piperazine rings is 1. The van der Waals surface area contributed by atoms with Crippen molar-refractivity contribution in [1.29, 1.82) is 0 Å². The Kier molecular flexibility index (Phi) is 12.1. The second-order valence-electron chi connectivity index (χ2n) is 17.8. The number of carbonyl (C=O) groups excluding carboxylic acids is 5. The molecule has 1 aliphatic carbocycles. The molecular formula is C46H53ClN10O7. The van der Waals surface area contributed by atoms with Gasteiger partial charge in [0.1, 0.15) is 11.1 Å². The minimum absolute atomic E-state index is 0.0936. The predicted molar refractivity (Wildman–Crippen MR) is 240 cm³/mol. The quantitative estimate of drug-likeness (QED) is 0.173. The van der Waals surface area contributed by atoms with Gasteiger partial charge in [-0.1, -0.05) is 17.7 Å². The number of hydrogen-bond donors (Lipinski definition) is 3. The molecule has 17 nitrogen and oxygen atoms in total. The maximum Gasteiger partial charge on any atom is 0.293 e. The van der Waals surface area contributed by atoms with Gasteiger partial charge in [0, 0.05) is 69.3 Å². The van der Waals surface area contributed by atoms with E-state index in [1.54, 1.807) is 22.9 Å². The Balaban J connectivity index is 0.745. The predicted octanol–water partition coefficient (Wildman–Crippen LogP) is 4.08. The van der Waals surface area contributed by atoms with Crippen molar-refractivity contribution in [3.05, 3.63) is 80.7 Å². The first-order valence-electron chi connectivity index (χ1n) is 22.2. The molecule has 2 aromatic heterocycles. The van der Waals surface area contributed by atoms with Crippen molar-refractivity contribution in [1.82, 2.24) is 39.9 Å². The Morgan fingerprint density at radius 2 is 1.67 bits per heavy atom. The van der Waals surface area contributed by atoms with Gasteiger partial charge < -0.3 is 29.7 Å². The van der Waals surface area contributed by atoms with Crippen LogP contribution in [0.3, 0.4) is 0 Å². The fraction of sp³-hybridized carbons (Fsp3) is 0.478. The van der Waals surface area contributed by atoms with Crippen LogP contribution in [-0.4, -0.2) is 130 Å². The van der Waals surface area contributed by atoms with Crippen molar-refractivity contribution in [3.8, 4) is 5.75 Å². The van der Waals surface area contributed by atoms with Crippen LogP contribution < -0.4 is 31.1 Å². The molecule has 64 heavy (non-hydrogen) atoms. The second-order valence-corrected chi connectivity index (χ2v) is 18.3. The Hall–Kier alpha value is -5.91. The van der Waals surface area contributed by atoms with Crippen molar-refractivity contribution in [2.24, 2.45) is 5.92 Å². The lowest BCUT2D eigenvalue weighted by molar-refractivity contribution is -0.136. The summed E-state index contributed by atoms with van der Waals surface area (Å²) in [5.41, 5.74) is 2.87. The third kappa shape index (κ3) is 8.55. The largest absolute Gasteiger partial charge is 0.478 e. The number of piperidine rings is 2. The van der Waals surface area contributed by atoms with E-state index in [-0.39, 0.29) is 48.6 Å². The highest BCUT2D eigenvalue weighted by atomic mass is 35.5. The summed E-state index contributed by atoms with van der Waals surface area (Å²) in [5.74, 6) is -0.130. The van der Waals surface area contributed by atoms with Crippen LogP contribution in [0.4, 0.5) is 17.5 Å². The fourth-order valence-electron chi connectivity index (χ4n) is 9.95. The molecule has 4 fully saturated rings. The number of rotatable bonds is 12. The van der Waals surface area contributed by atoms with Crippen LogP contribution in [0.2, 0.25) is 5.02 Å². The molecule has 5 amide bonds. The maximum absolute atomic E-state index is 13.4. The summed E-state index contributed by atoms with van der Waals surface area (Å²) in [6.07, 6.45) is 6.18. The third-order valence-electron chi connectivity index (χ3n) is 13.5. The van der Waals surface area contributed by atoms with Crippen LogP contribution in [0.25, 0.3) is 10.9 Å². The highest BCUT2D eigenvalue weighted by molar-refractivity contribution is 6.33. The third-order valence-corrected chi connectivity index (χ3v) is 13.8. The van der Waals surface area contributed by atoms with Crippen LogP contribution >= 0.6 is 11.6 Å². The van der Waals surface area contributed by atoms with E-state index in [4.69, 9.17) is 21.3 Å². The number of pyridine rings is 1. The Morgan fingerprint density at radius 1 is 0.922 bits per heavy atom. The molecule has 9 rings (SSSR count). The van der Waals surface area contributed by atoms with Gasteiger partial charge in [-0.15, -0.1) is 0 Å². The SMILES string of the molecule is CNC(=O)COc1cc2cc(Nc3nc(N4CCN(C[C@H]5C[C@@H](N6CCC(c7ccc8c(c7)C(=O)N(C7CCC(=O)NC7=O)C8=O)CC6)C5)CC4)ncc3Cl)ccc2n(C(C)C)c1=O. The zero-order chi connectivity index (χ0) is 44.8. The number of imide groups is 2. The molecule has 3 saturated heterocycles. The smallest absolute Gasteiger partial charge is 0.293 e. The second kappa shape index (κ2) is 17.9. The van der Waals surface area contributed by atoms with Gasteiger partial charge in [-0.2, -0.15) is 4.98 Å². The Labute approximate surface area is 375 Å². The van der Waals surface area contributed by atoms with Crippen molar-refractivity contribution in [3.63, 3.8) is 0 Å². The van der Waals surface area contributed by atoms with E-state index in [2.05, 4.69) is 35.6 Å². The highest BCUT2D eigenvalue weighted by Gasteiger charge is 2.45. The number of fused-ring (bicyclic) bond motifs is 2. The number of amides is 5. The van der Waals surface area contributed by atoms with E-state index in [9.17, 15) is 28.8 Å². The van der Waals surface area contributed by atoms with Crippen LogP contribution in [0.5, 0.6) is 5.75 Å². The number of ether oxygens (including phenoxy) is 1. The zero-order valence-corrected chi connectivity index (χ0v) is 37.0. The van der Waals surface area contributed by atoms with Gasteiger partial charge >= 0.3 is 0 Å². The molecule has 1 saturated carbocycles. The number of likely N-dealkylation sites (tertiary alicyclic amines) is 1. The Bertz CT molecular complexity index is 2580. The summed E-state index contributed by atoms with van der Waals surface area (Å²) in [6, 6.07) is 12.3. The molecule has 0 bridgehead atoms. The number of benzene rings is 2. The Morgan fingerprint density at radius 3 is 2.39 bits per heavy atom. The highest BCUT2D eigenvalue weighted by Crippen LogP contribution is 2.39. The lowest BCUT2D eigenvalue weighted by atomic mass is 9.77. The summed E-state index contributed by atoms with van der Waals surface area (Å²) in [7, 11) is 1.51. The first kappa shape index (κ1) is 43.3. The topological polar surface area (TPSA) is 191 Å². The van der Waals surface area contributed by atoms with Crippen molar-refractivity contribution >= 4 is 69.5 Å². The number of halogens is 1. The molecule has 0 spiro atoms. The van der Waals surface area contributed by atoms with E-state index in [0.717, 1.165) is 85.7 Å². The molecule has 336 valence electrons. The number of likely N-dealkylation sites (N-methyl/N-ethyl adjacent to an activating group) is 1. The molecule has 5 aliphatic rings. The summed E-state index contributed by atoms with van der Waals surface area (Å²) < 4.78 is 7.27. The standard InChI is InChI=1S/C46H53ClN10O7/c1-26(2)56-36-7-5-31(20-30(36)22-38(45(56)63)64-25-40(59)48-3)50-41-35(47)23-49-46(52-41)55-16-14-53(15-17-55)24-27-18-32(19-27)54-12-10-28(11-13-54)29-4-6-33-34(21-29)44(62)57(43(33)61)37-8-9-39(58)51-42(37)60/h4-7,20-23,26-28,32,37H,8-19,24-25H2,1-3H3,(H,48,59)(H,49,50,52)(H,51,58,60)/t27-,32+,37?. The van der Waals surface area contributed by atoms with Gasteiger partial charge in [0.15, 0.2) is 18.2 Å². The molecule has 18 heteroatoms. The molecule has 1 atom stereocenters. The van der Waals surface area contributed by atoms with Crippen LogP contribution in [0.1, 0.15) is 90.6 Å². The maximum atomic E-state index is 13.4. The minimum atomic E-state index is -0.963. The lowest BCUT2D eigenvalue weighted by Crippen LogP contribution is -2.54. The van der Waals surface area contributed by atoms with E-state index >= 15 is 0 Å². The number of carbonyl (C=O) groups is 5. The number of aromatic nitrogens is 3. The molecule has 4 aliphatic heterocycles. The van der Waals surface area contributed by atoms with E-state index in [0.29, 0.717) is 45.8 Å². The normalized spacial score (nSPS) is 22.2. The van der Waals surface area contributed by atoms with E-state index in [1.807, 2.05) is 44.2 Å². The summed E-state index contributed by atoms with van der Waals surface area (Å²) in [5, 5.41) is 9.24. The van der Waals surface area contributed by atoms with Crippen LogP contribution in [-0.2, 0) is 14.4 Å². The first-order chi connectivity index (χ1) is 30.8. The summed E-state index contributed by atoms with van der Waals surface area (Å²) in [4.78, 5) is 93.5. The van der Waals surface area contributed by atoms with Crippen molar-refractivity contribution in [2.45, 2.75) is 76.4 Å². The van der Waals surface area contributed by atoms with Gasteiger partial charge in [-0.05, 0) is 113 Å². The molecule has 0 radical (unpaired) electrons. The minimum Gasteiger partial charge on any atom is -0.478 e. The molecule has 4 aromatic rings. The van der Waals surface area contributed by atoms with Crippen LogP contribution in [0.15, 0.2) is 53.5 Å². The number of hydrogen-bond acceptors (Lipinski definition) is 13. The van der Waals surface area contributed by atoms with Gasteiger partial charge in [0.2, 0.25) is 17.8 Å². The fourth-order valence-corrected chi connectivity index (χ4v) is 10.1. The van der Waals surface area contributed by atoms with E-state index in [1.165, 1.54) is 19.9 Å². The van der Waals surface area contributed by atoms with Crippen molar-refractivity contribution in [2.75, 3.05) is 69.7 Å². The lowest BCUT2D eigenvalue weighted by Gasteiger charge is -2.47. The monoisotopic (exact) mass is 892 g/mol. The van der Waals surface area contributed by atoms with Gasteiger partial charge in [-0.25, -0.2) is 4.98 Å². The number of nitrogens with one attached hydrogen (secondary N) is 3. The van der Waals surface area contributed by atoms with Gasteiger partial charge in [0.05, 0.1) is 22.8 Å². The molecule has 1 unspecified atom stereocenters. The molecule has 3 N–H and O–H groups in total. The first-order valence-corrected chi connectivity index (χ1v) is 22.6. The average Bonchev–Trinajstić information content (AvgIpc) is 3.52. The zero-order valence-electron chi connectivity index (χ0n) is 36.3. The van der Waals surface area contributed by atoms with Crippen molar-refractivity contribution < 1.29 is 28.7 Å². The van der Waals surface area contributed by atoms with Gasteiger partial charge in [-0.3, -0.25) is 43.9 Å². The molecule has 2 aromatic carbocycles. The van der Waals surface area contributed by atoms with Gasteiger partial charge in [0.25, 0.3) is 23.3 Å². The summed E-state index contributed by atoms with van der Waals surface area (Å²) >= 11 is 6.61. The summed E-state index contributed by atoms with van der Waals surface area (Å²) in [6.45, 7) is 10.0. The average molecular weight is 893 g/mol.